The molecule has 0 bridgehead atoms. The molecular weight excluding hydrogens is 262 g/mol. The Labute approximate surface area is 124 Å². The number of nitrogens with zero attached hydrogens (tertiary/aromatic N) is 1. The average molecular weight is 279 g/mol. The Morgan fingerprint density at radius 2 is 1.62 bits per heavy atom. The van der Waals surface area contributed by atoms with Crippen LogP contribution in [0.1, 0.15) is 34.0 Å². The summed E-state index contributed by atoms with van der Waals surface area (Å²) in [4.78, 5) is 25.8. The van der Waals surface area contributed by atoms with Crippen LogP contribution in [0, 0.1) is 6.92 Å². The van der Waals surface area contributed by atoms with Crippen molar-refractivity contribution >= 4 is 17.4 Å². The Balaban J connectivity index is 1.92. The highest BCUT2D eigenvalue weighted by molar-refractivity contribution is 6.52. The minimum atomic E-state index is -0.435. The van der Waals surface area contributed by atoms with Gasteiger partial charge in [0.15, 0.2) is 0 Å². The Morgan fingerprint density at radius 3 is 2.29 bits per heavy atom. The average Bonchev–Trinajstić information content (AvgIpc) is 2.73. The van der Waals surface area contributed by atoms with Gasteiger partial charge in [-0.2, -0.15) is 0 Å². The van der Waals surface area contributed by atoms with E-state index >= 15 is 0 Å². The molecule has 1 aliphatic heterocycles. The van der Waals surface area contributed by atoms with E-state index in [1.807, 2.05) is 31.2 Å². The maximum atomic E-state index is 12.2. The van der Waals surface area contributed by atoms with Crippen molar-refractivity contribution in [2.75, 3.05) is 4.90 Å². The van der Waals surface area contributed by atoms with E-state index in [1.165, 1.54) is 5.56 Å². The van der Waals surface area contributed by atoms with Crippen LogP contribution in [0.5, 0.6) is 0 Å². The number of anilines is 1. The van der Waals surface area contributed by atoms with Crippen molar-refractivity contribution in [3.63, 3.8) is 0 Å². The second-order valence-corrected chi connectivity index (χ2v) is 5.41. The molecule has 0 saturated heterocycles. The molecule has 1 aliphatic rings. The van der Waals surface area contributed by atoms with Gasteiger partial charge in [-0.05, 0) is 36.6 Å². The Hall–Kier alpha value is -2.42. The molecule has 0 aromatic heterocycles. The number of fused-ring (bicyclic) bond motifs is 1. The summed E-state index contributed by atoms with van der Waals surface area (Å²) in [6.45, 7) is 4.46. The third kappa shape index (κ3) is 2.35. The third-order valence-corrected chi connectivity index (χ3v) is 3.90. The molecule has 3 rings (SSSR count). The molecular formula is C18H17NO2. The SMILES string of the molecule is CCc1ccc(CN2C(=O)C(=O)c3cc(C)ccc32)cc1. The molecule has 0 N–H and O–H groups in total. The van der Waals surface area contributed by atoms with Gasteiger partial charge < -0.3 is 4.90 Å². The van der Waals surface area contributed by atoms with E-state index in [4.69, 9.17) is 0 Å². The fourth-order valence-corrected chi connectivity index (χ4v) is 2.63. The predicted octanol–water partition coefficient (Wildman–Crippen LogP) is 3.29. The molecule has 3 nitrogen and oxygen atoms in total. The molecule has 3 heteroatoms. The second kappa shape index (κ2) is 5.17. The molecule has 106 valence electrons. The summed E-state index contributed by atoms with van der Waals surface area (Å²) in [5, 5.41) is 0. The van der Waals surface area contributed by atoms with E-state index in [9.17, 15) is 9.59 Å². The highest BCUT2D eigenvalue weighted by Crippen LogP contribution is 2.31. The summed E-state index contributed by atoms with van der Waals surface area (Å²) in [5.74, 6) is -0.839. The van der Waals surface area contributed by atoms with Crippen LogP contribution < -0.4 is 4.90 Å². The number of amides is 1. The number of hydrogen-bond donors (Lipinski definition) is 0. The number of rotatable bonds is 3. The minimum Gasteiger partial charge on any atom is -0.300 e. The van der Waals surface area contributed by atoms with Gasteiger partial charge in [0.1, 0.15) is 0 Å². The van der Waals surface area contributed by atoms with Gasteiger partial charge in [-0.15, -0.1) is 0 Å². The highest BCUT2D eigenvalue weighted by Gasteiger charge is 2.35. The first kappa shape index (κ1) is 13.6. The molecule has 0 fully saturated rings. The van der Waals surface area contributed by atoms with Crippen LogP contribution in [0.2, 0.25) is 0 Å². The molecule has 0 atom stereocenters. The fourth-order valence-electron chi connectivity index (χ4n) is 2.63. The third-order valence-electron chi connectivity index (χ3n) is 3.90. The van der Waals surface area contributed by atoms with Crippen molar-refractivity contribution in [1.82, 2.24) is 0 Å². The van der Waals surface area contributed by atoms with Crippen LogP contribution in [0.4, 0.5) is 5.69 Å². The van der Waals surface area contributed by atoms with Crippen molar-refractivity contribution in [2.24, 2.45) is 0 Å². The van der Waals surface area contributed by atoms with Crippen molar-refractivity contribution in [1.29, 1.82) is 0 Å². The normalized spacial score (nSPS) is 13.7. The van der Waals surface area contributed by atoms with Gasteiger partial charge in [-0.25, -0.2) is 0 Å². The van der Waals surface area contributed by atoms with Gasteiger partial charge in [-0.3, -0.25) is 9.59 Å². The van der Waals surface area contributed by atoms with Crippen LogP contribution in [0.15, 0.2) is 42.5 Å². The van der Waals surface area contributed by atoms with Crippen LogP contribution in [0.3, 0.4) is 0 Å². The van der Waals surface area contributed by atoms with E-state index in [-0.39, 0.29) is 0 Å². The zero-order valence-electron chi connectivity index (χ0n) is 12.2. The van der Waals surface area contributed by atoms with E-state index in [0.717, 1.165) is 23.2 Å². The minimum absolute atomic E-state index is 0.404. The predicted molar refractivity (Wildman–Crippen MR) is 82.5 cm³/mol. The number of ketones is 1. The van der Waals surface area contributed by atoms with Crippen molar-refractivity contribution < 1.29 is 9.59 Å². The van der Waals surface area contributed by atoms with E-state index in [1.54, 1.807) is 11.0 Å². The summed E-state index contributed by atoms with van der Waals surface area (Å²) in [7, 11) is 0. The van der Waals surface area contributed by atoms with Gasteiger partial charge in [0.25, 0.3) is 11.7 Å². The second-order valence-electron chi connectivity index (χ2n) is 5.41. The van der Waals surface area contributed by atoms with Crippen LogP contribution in [-0.2, 0) is 17.8 Å². The van der Waals surface area contributed by atoms with Gasteiger partial charge in [0.2, 0.25) is 0 Å². The van der Waals surface area contributed by atoms with E-state index in [0.29, 0.717) is 12.1 Å². The monoisotopic (exact) mass is 279 g/mol. The maximum absolute atomic E-state index is 12.2. The van der Waals surface area contributed by atoms with Gasteiger partial charge >= 0.3 is 0 Å². The van der Waals surface area contributed by atoms with E-state index < -0.39 is 11.7 Å². The lowest BCUT2D eigenvalue weighted by Crippen LogP contribution is -2.29. The summed E-state index contributed by atoms with van der Waals surface area (Å²) < 4.78 is 0. The summed E-state index contributed by atoms with van der Waals surface area (Å²) in [5.41, 5.74) is 4.52. The number of carbonyl (C=O) groups excluding carboxylic acids is 2. The summed E-state index contributed by atoms with van der Waals surface area (Å²) >= 11 is 0. The lowest BCUT2D eigenvalue weighted by molar-refractivity contribution is -0.114. The number of Topliss-reactive ketones (excluding diaryl/α,β-unsaturated/α-hetero) is 1. The quantitative estimate of drug-likeness (QED) is 0.808. The number of aryl methyl sites for hydroxylation is 2. The van der Waals surface area contributed by atoms with E-state index in [2.05, 4.69) is 19.1 Å². The zero-order valence-corrected chi connectivity index (χ0v) is 12.2. The molecule has 0 saturated carbocycles. The van der Waals surface area contributed by atoms with Gasteiger partial charge in [0, 0.05) is 0 Å². The molecule has 1 heterocycles. The number of carbonyl (C=O) groups is 2. The van der Waals surface area contributed by atoms with Crippen molar-refractivity contribution in [3.8, 4) is 0 Å². The lowest BCUT2D eigenvalue weighted by atomic mass is 10.1. The standard InChI is InChI=1S/C18H17NO2/c1-3-13-5-7-14(8-6-13)11-19-16-9-4-12(2)10-15(16)17(20)18(19)21/h4-10H,3,11H2,1-2H3. The molecule has 0 radical (unpaired) electrons. The maximum Gasteiger partial charge on any atom is 0.299 e. The number of hydrogen-bond acceptors (Lipinski definition) is 2. The van der Waals surface area contributed by atoms with Crippen LogP contribution >= 0.6 is 0 Å². The molecule has 2 aromatic carbocycles. The van der Waals surface area contributed by atoms with Crippen LogP contribution in [0.25, 0.3) is 0 Å². The van der Waals surface area contributed by atoms with Crippen molar-refractivity contribution in [3.05, 3.63) is 64.7 Å². The van der Waals surface area contributed by atoms with Gasteiger partial charge in [0.05, 0.1) is 17.8 Å². The zero-order chi connectivity index (χ0) is 15.0. The highest BCUT2D eigenvalue weighted by atomic mass is 16.2. The fraction of sp³-hybridized carbons (Fsp3) is 0.222. The number of benzene rings is 2. The molecule has 2 aromatic rings. The molecule has 21 heavy (non-hydrogen) atoms. The Morgan fingerprint density at radius 1 is 0.952 bits per heavy atom. The van der Waals surface area contributed by atoms with Crippen molar-refractivity contribution in [2.45, 2.75) is 26.8 Å². The molecule has 0 spiro atoms. The topological polar surface area (TPSA) is 37.4 Å². The van der Waals surface area contributed by atoms with Gasteiger partial charge in [-0.1, -0.05) is 42.8 Å². The lowest BCUT2D eigenvalue weighted by Gasteiger charge is -2.17. The Bertz CT molecular complexity index is 716. The smallest absolute Gasteiger partial charge is 0.299 e. The molecule has 1 amide bonds. The first-order valence-electron chi connectivity index (χ1n) is 7.15. The summed E-state index contributed by atoms with van der Waals surface area (Å²) in [6, 6.07) is 13.7. The van der Waals surface area contributed by atoms with Crippen LogP contribution in [-0.4, -0.2) is 11.7 Å². The molecule has 0 aliphatic carbocycles. The first-order chi connectivity index (χ1) is 10.1. The Kier molecular flexibility index (Phi) is 3.34. The first-order valence-corrected chi connectivity index (χ1v) is 7.15. The summed E-state index contributed by atoms with van der Waals surface area (Å²) in [6.07, 6.45) is 0.990. The largest absolute Gasteiger partial charge is 0.300 e. The molecule has 0 unspecified atom stereocenters.